The quantitative estimate of drug-likeness (QED) is 0.484. The molecule has 0 unspecified atom stereocenters. The normalized spacial score (nSPS) is 8.56. The van der Waals surface area contributed by atoms with Gasteiger partial charge in [-0.25, -0.2) is 0 Å². The van der Waals surface area contributed by atoms with E-state index in [1.54, 1.807) is 6.92 Å². The summed E-state index contributed by atoms with van der Waals surface area (Å²) in [5.41, 5.74) is 4.34. The van der Waals surface area contributed by atoms with Gasteiger partial charge in [0.1, 0.15) is 16.7 Å². The Kier molecular flexibility index (Phi) is 5.54. The molecule has 0 saturated carbocycles. The minimum Gasteiger partial charge on any atom is -0.504 e. The summed E-state index contributed by atoms with van der Waals surface area (Å²) in [5, 5.41) is 10.7. The smallest absolute Gasteiger partial charge is 0.158 e. The van der Waals surface area contributed by atoms with Crippen LogP contribution in [0.15, 0.2) is 36.4 Å². The van der Waals surface area contributed by atoms with Crippen LogP contribution in [-0.4, -0.2) is 19.2 Å². The van der Waals surface area contributed by atoms with Crippen molar-refractivity contribution in [2.24, 2.45) is 0 Å². The van der Waals surface area contributed by atoms with Crippen LogP contribution in [-0.2, 0) is 0 Å². The third-order valence-electron chi connectivity index (χ3n) is 4.28. The van der Waals surface area contributed by atoms with Crippen molar-refractivity contribution in [3.8, 4) is 94.3 Å². The van der Waals surface area contributed by atoms with E-state index in [1.807, 2.05) is 57.4 Å². The van der Waals surface area contributed by atoms with E-state index in [-0.39, 0.29) is 5.75 Å². The number of phenols is 1. The van der Waals surface area contributed by atoms with E-state index in [1.165, 1.54) is 0 Å². The van der Waals surface area contributed by atoms with Gasteiger partial charge in [0.05, 0.1) is 5.56 Å². The lowest BCUT2D eigenvalue weighted by Crippen LogP contribution is -1.91. The molecule has 32 heavy (non-hydrogen) atoms. The van der Waals surface area contributed by atoms with Gasteiger partial charge in [-0.3, -0.25) is 0 Å². The van der Waals surface area contributed by atoms with E-state index in [9.17, 15) is 5.11 Å². The Bertz CT molecular complexity index is 1750. The van der Waals surface area contributed by atoms with Crippen molar-refractivity contribution in [2.45, 2.75) is 13.8 Å². The first-order valence-electron chi connectivity index (χ1n) is 9.48. The summed E-state index contributed by atoms with van der Waals surface area (Å²) in [6, 6.07) is 11.8. The number of rotatable bonds is 1. The van der Waals surface area contributed by atoms with Gasteiger partial charge < -0.3 is 5.11 Å². The SMILES string of the molecule is CC#CC#CC#CC#CC#CC#CC#Cc1cc(C)cc(-n2n3c4ccccc4n23)c1O. The van der Waals surface area contributed by atoms with Crippen molar-refractivity contribution < 1.29 is 5.11 Å². The minimum absolute atomic E-state index is 0.105. The minimum atomic E-state index is 0.105. The van der Waals surface area contributed by atoms with E-state index in [0.29, 0.717) is 11.3 Å². The molecule has 2 aromatic heterocycles. The summed E-state index contributed by atoms with van der Waals surface area (Å²) in [4.78, 5) is 1.90. The lowest BCUT2D eigenvalue weighted by atomic mass is 10.1. The average Bonchev–Trinajstić information content (AvgIpc) is 3.45. The molecule has 0 spiro atoms. The van der Waals surface area contributed by atoms with E-state index in [4.69, 9.17) is 0 Å². The molecule has 0 fully saturated rings. The Morgan fingerprint density at radius 1 is 0.688 bits per heavy atom. The molecule has 4 aromatic rings. The molecule has 4 rings (SSSR count). The maximum absolute atomic E-state index is 10.7. The van der Waals surface area contributed by atoms with Crippen LogP contribution >= 0.6 is 0 Å². The first kappa shape index (κ1) is 19.9. The Hall–Kier alpha value is -5.44. The highest BCUT2D eigenvalue weighted by Gasteiger charge is 2.26. The Morgan fingerprint density at radius 3 is 1.72 bits per heavy atom. The molecular weight excluding hydrogens is 394 g/mol. The predicted octanol–water partition coefficient (Wildman–Crippen LogP) is 2.83. The summed E-state index contributed by atoms with van der Waals surface area (Å²) >= 11 is 0. The molecule has 4 heteroatoms. The Balaban J connectivity index is 1.49. The maximum Gasteiger partial charge on any atom is 0.158 e. The Morgan fingerprint density at radius 2 is 1.19 bits per heavy atom. The average molecular weight is 407 g/mol. The van der Waals surface area contributed by atoms with Crippen LogP contribution in [0.1, 0.15) is 18.1 Å². The zero-order chi connectivity index (χ0) is 22.3. The zero-order valence-corrected chi connectivity index (χ0v) is 17.3. The van der Waals surface area contributed by atoms with E-state index in [0.717, 1.165) is 16.6 Å². The van der Waals surface area contributed by atoms with Crippen LogP contribution in [0.5, 0.6) is 5.75 Å². The monoisotopic (exact) mass is 407 g/mol. The van der Waals surface area contributed by atoms with E-state index >= 15 is 0 Å². The number of nitrogens with zero attached hydrogens (tertiary/aromatic N) is 3. The fourth-order valence-electron chi connectivity index (χ4n) is 2.98. The summed E-state index contributed by atoms with van der Waals surface area (Å²) in [5.74, 6) is 36.6. The van der Waals surface area contributed by atoms with E-state index < -0.39 is 0 Å². The van der Waals surface area contributed by atoms with Crippen molar-refractivity contribution in [1.29, 1.82) is 0 Å². The molecule has 0 aliphatic carbocycles. The third kappa shape index (κ3) is 3.98. The van der Waals surface area contributed by atoms with Gasteiger partial charge >= 0.3 is 0 Å². The van der Waals surface area contributed by atoms with Crippen LogP contribution in [0.2, 0.25) is 0 Å². The number of benzene rings is 2. The molecule has 0 atom stereocenters. The first-order chi connectivity index (χ1) is 15.7. The summed E-state index contributed by atoms with van der Waals surface area (Å²) in [7, 11) is 0. The first-order valence-corrected chi connectivity index (χ1v) is 9.48. The number of hydrogen-bond acceptors (Lipinski definition) is 1. The molecule has 146 valence electrons. The lowest BCUT2D eigenvalue weighted by Gasteiger charge is -2.03. The number of fused-ring (bicyclic) bond motifs is 4. The van der Waals surface area contributed by atoms with Crippen LogP contribution in [0.4, 0.5) is 0 Å². The van der Waals surface area contributed by atoms with Gasteiger partial charge in [-0.15, -0.1) is 14.1 Å². The van der Waals surface area contributed by atoms with Gasteiger partial charge in [-0.05, 0) is 121 Å². The van der Waals surface area contributed by atoms with Gasteiger partial charge in [0.25, 0.3) is 0 Å². The van der Waals surface area contributed by atoms with Crippen LogP contribution < -0.4 is 0 Å². The largest absolute Gasteiger partial charge is 0.504 e. The summed E-state index contributed by atoms with van der Waals surface area (Å²) < 4.78 is 3.96. The fraction of sp³-hybridized carbons (Fsp3) is 0.0714. The predicted molar refractivity (Wildman–Crippen MR) is 124 cm³/mol. The van der Waals surface area contributed by atoms with Crippen molar-refractivity contribution in [3.05, 3.63) is 47.5 Å². The van der Waals surface area contributed by atoms with Crippen molar-refractivity contribution >= 4 is 11.0 Å². The van der Waals surface area contributed by atoms with Gasteiger partial charge in [-0.1, -0.05) is 18.1 Å². The highest BCUT2D eigenvalue weighted by Crippen LogP contribution is 2.33. The highest BCUT2D eigenvalue weighted by molar-refractivity contribution is 5.79. The molecule has 0 aliphatic heterocycles. The van der Waals surface area contributed by atoms with Crippen LogP contribution in [0, 0.1) is 89.8 Å². The number of aromatic nitrogens is 3. The molecule has 0 bridgehead atoms. The fourth-order valence-corrected chi connectivity index (χ4v) is 2.98. The Labute approximate surface area is 186 Å². The molecule has 0 saturated heterocycles. The molecule has 0 aliphatic rings. The standard InChI is InChI=1S/C28H13N3O/c1-3-4-5-6-7-8-9-10-11-12-13-14-15-18-24-21-23(2)22-27(28(24)32)31-29-25-19-16-17-20-26(25)30(29)31/h16-17,19-22,32H,1-2H3. The molecule has 0 radical (unpaired) electrons. The molecular formula is C28H13N3O. The van der Waals surface area contributed by atoms with Crippen molar-refractivity contribution in [3.63, 3.8) is 0 Å². The van der Waals surface area contributed by atoms with Crippen molar-refractivity contribution in [1.82, 2.24) is 14.1 Å². The van der Waals surface area contributed by atoms with Crippen LogP contribution in [0.3, 0.4) is 0 Å². The molecule has 2 aromatic carbocycles. The van der Waals surface area contributed by atoms with Crippen LogP contribution in [0.25, 0.3) is 16.7 Å². The second-order valence-corrected chi connectivity index (χ2v) is 6.41. The second-order valence-electron chi connectivity index (χ2n) is 6.41. The number of para-hydroxylation sites is 2. The van der Waals surface area contributed by atoms with E-state index in [2.05, 4.69) is 82.9 Å². The molecule has 1 N–H and O–H groups in total. The molecule has 4 nitrogen and oxygen atoms in total. The third-order valence-corrected chi connectivity index (χ3v) is 4.28. The van der Waals surface area contributed by atoms with Gasteiger partial charge in [0.2, 0.25) is 0 Å². The second kappa shape index (κ2) is 8.93. The number of aryl methyl sites for hydroxylation is 1. The number of phenolic OH excluding ortho intramolecular Hbond substituents is 1. The summed E-state index contributed by atoms with van der Waals surface area (Å²) in [6.07, 6.45) is 0. The maximum atomic E-state index is 10.7. The topological polar surface area (TPSA) is 34.0 Å². The van der Waals surface area contributed by atoms with Gasteiger partial charge in [-0.2, -0.15) is 0 Å². The zero-order valence-electron chi connectivity index (χ0n) is 17.3. The lowest BCUT2D eigenvalue weighted by molar-refractivity contribution is 0.470. The van der Waals surface area contributed by atoms with Gasteiger partial charge in [0.15, 0.2) is 5.75 Å². The van der Waals surface area contributed by atoms with Gasteiger partial charge in [0, 0.05) is 0 Å². The number of hydrogen-bond donors (Lipinski definition) is 1. The van der Waals surface area contributed by atoms with Crippen molar-refractivity contribution in [2.75, 3.05) is 0 Å². The highest BCUT2D eigenvalue weighted by atomic mass is 16.3. The molecule has 0 amide bonds. The number of aromatic hydroxyl groups is 1. The molecule has 2 heterocycles. The summed E-state index contributed by atoms with van der Waals surface area (Å²) in [6.45, 7) is 3.66.